The van der Waals surface area contributed by atoms with E-state index >= 15 is 0 Å². The van der Waals surface area contributed by atoms with Gasteiger partial charge in [-0.2, -0.15) is 5.26 Å². The number of hydrogen-bond acceptors (Lipinski definition) is 3. The molecule has 0 bridgehead atoms. The standard InChI is InChI=1S/C12H14N2S/c1-8-5-4-6-10-12(8)14(3)9(2)11(7-13)15-10/h4-6,9,11H,1-3H3. The molecule has 2 nitrogen and oxygen atoms in total. The summed E-state index contributed by atoms with van der Waals surface area (Å²) in [5, 5.41) is 9.11. The summed E-state index contributed by atoms with van der Waals surface area (Å²) in [6.45, 7) is 4.23. The molecule has 1 aliphatic rings. The molecule has 0 aliphatic carbocycles. The number of anilines is 1. The Balaban J connectivity index is 2.51. The minimum absolute atomic E-state index is 0.0318. The first-order chi connectivity index (χ1) is 7.15. The monoisotopic (exact) mass is 218 g/mol. The molecule has 0 N–H and O–H groups in total. The van der Waals surface area contributed by atoms with Crippen LogP contribution in [-0.4, -0.2) is 18.3 Å². The second kappa shape index (κ2) is 3.79. The maximum atomic E-state index is 9.08. The SMILES string of the molecule is Cc1cccc2c1N(C)C(C)C(C#N)S2. The van der Waals surface area contributed by atoms with Gasteiger partial charge in [-0.05, 0) is 25.5 Å². The van der Waals surface area contributed by atoms with Crippen molar-refractivity contribution in [2.45, 2.75) is 30.0 Å². The highest BCUT2D eigenvalue weighted by Gasteiger charge is 2.30. The van der Waals surface area contributed by atoms with Gasteiger partial charge in [0.05, 0.1) is 17.8 Å². The van der Waals surface area contributed by atoms with Gasteiger partial charge in [0, 0.05) is 11.9 Å². The van der Waals surface area contributed by atoms with E-state index in [9.17, 15) is 0 Å². The quantitative estimate of drug-likeness (QED) is 0.670. The summed E-state index contributed by atoms with van der Waals surface area (Å²) in [5.74, 6) is 0. The highest BCUT2D eigenvalue weighted by molar-refractivity contribution is 8.00. The molecule has 0 radical (unpaired) electrons. The van der Waals surface area contributed by atoms with Gasteiger partial charge in [0.15, 0.2) is 0 Å². The Kier molecular flexibility index (Phi) is 2.62. The number of thioether (sulfide) groups is 1. The van der Waals surface area contributed by atoms with E-state index < -0.39 is 0 Å². The third kappa shape index (κ3) is 1.59. The summed E-state index contributed by atoms with van der Waals surface area (Å²) in [6.07, 6.45) is 0. The fraction of sp³-hybridized carbons (Fsp3) is 0.417. The van der Waals surface area contributed by atoms with E-state index in [0.717, 1.165) is 0 Å². The lowest BCUT2D eigenvalue weighted by Gasteiger charge is -2.37. The van der Waals surface area contributed by atoms with Gasteiger partial charge in [0.2, 0.25) is 0 Å². The Bertz CT molecular complexity index is 422. The normalized spacial score (nSPS) is 24.5. The minimum Gasteiger partial charge on any atom is -0.369 e. The van der Waals surface area contributed by atoms with E-state index in [0.29, 0.717) is 0 Å². The van der Waals surface area contributed by atoms with Crippen molar-refractivity contribution in [3.05, 3.63) is 23.8 Å². The molecule has 15 heavy (non-hydrogen) atoms. The lowest BCUT2D eigenvalue weighted by molar-refractivity contribution is 0.695. The molecule has 1 aromatic carbocycles. The molecule has 3 heteroatoms. The number of fused-ring (bicyclic) bond motifs is 1. The molecule has 0 spiro atoms. The van der Waals surface area contributed by atoms with Gasteiger partial charge in [-0.3, -0.25) is 0 Å². The van der Waals surface area contributed by atoms with Crippen molar-refractivity contribution in [1.82, 2.24) is 0 Å². The van der Waals surface area contributed by atoms with Gasteiger partial charge in [-0.25, -0.2) is 0 Å². The van der Waals surface area contributed by atoms with Crippen molar-refractivity contribution in [3.8, 4) is 6.07 Å². The Morgan fingerprint density at radius 3 is 2.87 bits per heavy atom. The molecule has 0 fully saturated rings. The van der Waals surface area contributed by atoms with Crippen LogP contribution in [0.4, 0.5) is 5.69 Å². The van der Waals surface area contributed by atoms with Crippen molar-refractivity contribution in [1.29, 1.82) is 5.26 Å². The zero-order chi connectivity index (χ0) is 11.0. The number of nitrogens with zero attached hydrogens (tertiary/aromatic N) is 2. The average molecular weight is 218 g/mol. The van der Waals surface area contributed by atoms with Crippen LogP contribution in [-0.2, 0) is 0 Å². The van der Waals surface area contributed by atoms with E-state index in [1.165, 1.54) is 16.1 Å². The average Bonchev–Trinajstić information content (AvgIpc) is 2.23. The number of hydrogen-bond donors (Lipinski definition) is 0. The zero-order valence-corrected chi connectivity index (χ0v) is 10.0. The maximum absolute atomic E-state index is 9.08. The topological polar surface area (TPSA) is 27.0 Å². The third-order valence-corrected chi connectivity index (χ3v) is 4.32. The number of aryl methyl sites for hydroxylation is 1. The van der Waals surface area contributed by atoms with Crippen LogP contribution in [0, 0.1) is 18.3 Å². The Morgan fingerprint density at radius 2 is 2.20 bits per heavy atom. The fourth-order valence-corrected chi connectivity index (χ4v) is 3.23. The summed E-state index contributed by atoms with van der Waals surface area (Å²) >= 11 is 1.68. The lowest BCUT2D eigenvalue weighted by atomic mass is 10.1. The number of benzene rings is 1. The molecule has 0 amide bonds. The summed E-state index contributed by atoms with van der Waals surface area (Å²) in [4.78, 5) is 3.44. The van der Waals surface area contributed by atoms with Crippen LogP contribution in [0.15, 0.2) is 23.1 Å². The first kappa shape index (κ1) is 10.4. The first-order valence-corrected chi connectivity index (χ1v) is 5.92. The number of rotatable bonds is 0. The molecule has 2 rings (SSSR count). The highest BCUT2D eigenvalue weighted by atomic mass is 32.2. The smallest absolute Gasteiger partial charge is 0.116 e. The van der Waals surface area contributed by atoms with E-state index in [1.807, 2.05) is 0 Å². The molecular weight excluding hydrogens is 204 g/mol. The van der Waals surface area contributed by atoms with E-state index in [2.05, 4.69) is 50.1 Å². The summed E-state index contributed by atoms with van der Waals surface area (Å²) in [6, 6.07) is 8.91. The Labute approximate surface area is 94.9 Å². The van der Waals surface area contributed by atoms with Crippen LogP contribution >= 0.6 is 11.8 Å². The summed E-state index contributed by atoms with van der Waals surface area (Å²) in [7, 11) is 2.07. The Hall–Kier alpha value is -1.14. The molecule has 1 aromatic rings. The maximum Gasteiger partial charge on any atom is 0.116 e. The molecule has 2 unspecified atom stereocenters. The highest BCUT2D eigenvalue weighted by Crippen LogP contribution is 2.42. The van der Waals surface area contributed by atoms with E-state index in [4.69, 9.17) is 5.26 Å². The van der Waals surface area contributed by atoms with Gasteiger partial charge in [-0.1, -0.05) is 12.1 Å². The van der Waals surface area contributed by atoms with Crippen molar-refractivity contribution in [2.75, 3.05) is 11.9 Å². The van der Waals surface area contributed by atoms with Crippen LogP contribution in [0.3, 0.4) is 0 Å². The summed E-state index contributed by atoms with van der Waals surface area (Å²) in [5.41, 5.74) is 2.56. The van der Waals surface area contributed by atoms with Crippen molar-refractivity contribution in [3.63, 3.8) is 0 Å². The van der Waals surface area contributed by atoms with Gasteiger partial charge < -0.3 is 4.90 Å². The second-order valence-corrected chi connectivity index (χ2v) is 5.12. The van der Waals surface area contributed by atoms with Crippen LogP contribution in [0.1, 0.15) is 12.5 Å². The molecule has 0 saturated heterocycles. The van der Waals surface area contributed by atoms with Crippen molar-refractivity contribution >= 4 is 17.4 Å². The number of nitriles is 1. The van der Waals surface area contributed by atoms with Crippen molar-refractivity contribution in [2.24, 2.45) is 0 Å². The molecule has 0 saturated carbocycles. The van der Waals surface area contributed by atoms with Gasteiger partial charge in [-0.15, -0.1) is 11.8 Å². The van der Waals surface area contributed by atoms with Crippen LogP contribution in [0.5, 0.6) is 0 Å². The van der Waals surface area contributed by atoms with Crippen LogP contribution in [0.2, 0.25) is 0 Å². The predicted octanol–water partition coefficient (Wildman–Crippen LogP) is 2.82. The molecule has 2 atom stereocenters. The van der Waals surface area contributed by atoms with Gasteiger partial charge >= 0.3 is 0 Å². The van der Waals surface area contributed by atoms with Crippen LogP contribution in [0.25, 0.3) is 0 Å². The molecule has 0 aromatic heterocycles. The molecule has 78 valence electrons. The van der Waals surface area contributed by atoms with E-state index in [-0.39, 0.29) is 11.3 Å². The summed E-state index contributed by atoms with van der Waals surface area (Å²) < 4.78 is 0. The first-order valence-electron chi connectivity index (χ1n) is 5.04. The Morgan fingerprint density at radius 1 is 1.47 bits per heavy atom. The van der Waals surface area contributed by atoms with Gasteiger partial charge in [0.25, 0.3) is 0 Å². The lowest BCUT2D eigenvalue weighted by Crippen LogP contribution is -2.40. The molecule has 1 heterocycles. The third-order valence-electron chi connectivity index (χ3n) is 2.98. The fourth-order valence-electron chi connectivity index (χ4n) is 1.96. The predicted molar refractivity (Wildman–Crippen MR) is 64.3 cm³/mol. The minimum atomic E-state index is 0.0318. The van der Waals surface area contributed by atoms with Gasteiger partial charge in [0.1, 0.15) is 5.25 Å². The largest absolute Gasteiger partial charge is 0.369 e. The zero-order valence-electron chi connectivity index (χ0n) is 9.19. The second-order valence-electron chi connectivity index (χ2n) is 3.94. The molecule has 1 aliphatic heterocycles. The van der Waals surface area contributed by atoms with Crippen LogP contribution < -0.4 is 4.90 Å². The number of para-hydroxylation sites is 1. The van der Waals surface area contributed by atoms with Crippen molar-refractivity contribution < 1.29 is 0 Å². The molecular formula is C12H14N2S. The van der Waals surface area contributed by atoms with E-state index in [1.54, 1.807) is 11.8 Å².